The summed E-state index contributed by atoms with van der Waals surface area (Å²) in [6.45, 7) is 0.434. The highest BCUT2D eigenvalue weighted by Crippen LogP contribution is 2.16. The van der Waals surface area contributed by atoms with Crippen molar-refractivity contribution >= 4 is 5.91 Å². The largest absolute Gasteiger partial charge is 0.348 e. The van der Waals surface area contributed by atoms with Gasteiger partial charge in [-0.15, -0.1) is 0 Å². The van der Waals surface area contributed by atoms with Gasteiger partial charge in [-0.2, -0.15) is 10.2 Å². The van der Waals surface area contributed by atoms with E-state index in [2.05, 4.69) is 30.6 Å². The first-order valence-corrected chi connectivity index (χ1v) is 7.97. The molecular formula is C18H15N7O. The predicted molar refractivity (Wildman–Crippen MR) is 94.3 cm³/mol. The quantitative estimate of drug-likeness (QED) is 0.576. The second-order valence-electron chi connectivity index (χ2n) is 5.59. The lowest BCUT2D eigenvalue weighted by Gasteiger charge is -2.07. The summed E-state index contributed by atoms with van der Waals surface area (Å²) in [7, 11) is 0. The Kier molecular flexibility index (Phi) is 4.21. The Morgan fingerprint density at radius 3 is 2.73 bits per heavy atom. The van der Waals surface area contributed by atoms with Gasteiger partial charge in [0.2, 0.25) is 0 Å². The number of aromatic nitrogens is 6. The number of hydrogen-bond acceptors (Lipinski definition) is 5. The van der Waals surface area contributed by atoms with Crippen LogP contribution in [0.25, 0.3) is 17.1 Å². The molecule has 8 heteroatoms. The molecule has 0 aliphatic rings. The van der Waals surface area contributed by atoms with Gasteiger partial charge >= 0.3 is 0 Å². The molecule has 128 valence electrons. The van der Waals surface area contributed by atoms with Gasteiger partial charge in [0, 0.05) is 24.5 Å². The number of hydrogen-bond donors (Lipinski definition) is 2. The van der Waals surface area contributed by atoms with Gasteiger partial charge in [-0.3, -0.25) is 9.89 Å². The molecule has 4 rings (SSSR count). The van der Waals surface area contributed by atoms with E-state index in [0.29, 0.717) is 17.9 Å². The van der Waals surface area contributed by atoms with Crippen molar-refractivity contribution in [3.05, 3.63) is 78.6 Å². The van der Waals surface area contributed by atoms with Gasteiger partial charge in [0.05, 0.1) is 5.69 Å². The summed E-state index contributed by atoms with van der Waals surface area (Å²) < 4.78 is 1.50. The van der Waals surface area contributed by atoms with Crippen LogP contribution in [0.15, 0.2) is 67.5 Å². The smallest absolute Gasteiger partial charge is 0.251 e. The van der Waals surface area contributed by atoms with E-state index < -0.39 is 0 Å². The van der Waals surface area contributed by atoms with Crippen molar-refractivity contribution in [1.29, 1.82) is 0 Å². The van der Waals surface area contributed by atoms with Gasteiger partial charge in [-0.25, -0.2) is 14.6 Å². The van der Waals surface area contributed by atoms with Crippen molar-refractivity contribution < 1.29 is 4.79 Å². The molecule has 0 saturated carbocycles. The van der Waals surface area contributed by atoms with E-state index in [1.165, 1.54) is 17.3 Å². The SMILES string of the molecule is O=C(NCc1ccc(-c2ccn[nH]2)cc1)c1ccnc(-n2cncn2)c1. The standard InChI is InChI=1S/C18H15N7O/c26-18(15-5-7-20-17(9-15)25-12-19-11-23-25)21-10-13-1-3-14(4-2-13)16-6-8-22-24-16/h1-9,11-12H,10H2,(H,21,26)(H,22,24). The number of nitrogens with zero attached hydrogens (tertiary/aromatic N) is 5. The van der Waals surface area contributed by atoms with Gasteiger partial charge in [0.1, 0.15) is 12.7 Å². The molecular weight excluding hydrogens is 330 g/mol. The number of carbonyl (C=O) groups is 1. The maximum atomic E-state index is 12.4. The van der Waals surface area contributed by atoms with Crippen molar-refractivity contribution in [1.82, 2.24) is 35.3 Å². The van der Waals surface area contributed by atoms with Gasteiger partial charge < -0.3 is 5.32 Å². The minimum atomic E-state index is -0.175. The van der Waals surface area contributed by atoms with E-state index in [9.17, 15) is 4.79 Å². The highest BCUT2D eigenvalue weighted by atomic mass is 16.1. The summed E-state index contributed by atoms with van der Waals surface area (Å²) in [5.41, 5.74) is 3.52. The molecule has 1 amide bonds. The fourth-order valence-corrected chi connectivity index (χ4v) is 2.51. The van der Waals surface area contributed by atoms with Crippen LogP contribution in [0, 0.1) is 0 Å². The summed E-state index contributed by atoms with van der Waals surface area (Å²) in [6.07, 6.45) is 6.24. The Bertz CT molecular complexity index is 992. The molecule has 0 spiro atoms. The fraction of sp³-hybridized carbons (Fsp3) is 0.0556. The molecule has 0 bridgehead atoms. The molecule has 0 fully saturated rings. The van der Waals surface area contributed by atoms with Crippen LogP contribution in [0.3, 0.4) is 0 Å². The highest BCUT2D eigenvalue weighted by Gasteiger charge is 2.08. The Labute approximate surface area is 148 Å². The maximum absolute atomic E-state index is 12.4. The van der Waals surface area contributed by atoms with E-state index in [1.54, 1.807) is 24.5 Å². The van der Waals surface area contributed by atoms with E-state index in [4.69, 9.17) is 0 Å². The van der Waals surface area contributed by atoms with Crippen molar-refractivity contribution in [2.24, 2.45) is 0 Å². The normalized spacial score (nSPS) is 10.6. The highest BCUT2D eigenvalue weighted by molar-refractivity contribution is 5.94. The average molecular weight is 345 g/mol. The Hall–Kier alpha value is -3.81. The Balaban J connectivity index is 1.42. The van der Waals surface area contributed by atoms with Crippen LogP contribution < -0.4 is 5.32 Å². The third kappa shape index (κ3) is 3.34. The lowest BCUT2D eigenvalue weighted by atomic mass is 10.1. The van der Waals surface area contributed by atoms with Crippen LogP contribution in [-0.4, -0.2) is 35.9 Å². The van der Waals surface area contributed by atoms with Gasteiger partial charge in [0.15, 0.2) is 5.82 Å². The molecule has 2 N–H and O–H groups in total. The first kappa shape index (κ1) is 15.7. The molecule has 1 aromatic carbocycles. The van der Waals surface area contributed by atoms with Crippen LogP contribution in [0.4, 0.5) is 0 Å². The second-order valence-corrected chi connectivity index (χ2v) is 5.59. The van der Waals surface area contributed by atoms with Gasteiger partial charge in [-0.1, -0.05) is 24.3 Å². The number of aromatic amines is 1. The van der Waals surface area contributed by atoms with E-state index in [0.717, 1.165) is 16.8 Å². The molecule has 26 heavy (non-hydrogen) atoms. The molecule has 0 atom stereocenters. The van der Waals surface area contributed by atoms with Gasteiger partial charge in [0.25, 0.3) is 5.91 Å². The third-order valence-electron chi connectivity index (χ3n) is 3.88. The summed E-state index contributed by atoms with van der Waals surface area (Å²) in [4.78, 5) is 20.5. The fourth-order valence-electron chi connectivity index (χ4n) is 2.51. The summed E-state index contributed by atoms with van der Waals surface area (Å²) in [5, 5.41) is 13.8. The third-order valence-corrected chi connectivity index (χ3v) is 3.88. The van der Waals surface area contributed by atoms with Crippen LogP contribution in [-0.2, 0) is 6.54 Å². The molecule has 0 unspecified atom stereocenters. The van der Waals surface area contributed by atoms with Crippen molar-refractivity contribution in [2.75, 3.05) is 0 Å². The molecule has 4 aromatic rings. The summed E-state index contributed by atoms with van der Waals surface area (Å²) in [5.74, 6) is 0.366. The summed E-state index contributed by atoms with van der Waals surface area (Å²) in [6, 6.07) is 13.2. The zero-order valence-corrected chi connectivity index (χ0v) is 13.7. The minimum Gasteiger partial charge on any atom is -0.348 e. The second kappa shape index (κ2) is 6.98. The predicted octanol–water partition coefficient (Wildman–Crippen LogP) is 1.98. The van der Waals surface area contributed by atoms with Crippen LogP contribution >= 0.6 is 0 Å². The van der Waals surface area contributed by atoms with Crippen molar-refractivity contribution in [3.8, 4) is 17.1 Å². The number of amides is 1. The minimum absolute atomic E-state index is 0.175. The number of rotatable bonds is 5. The number of H-pyrrole nitrogens is 1. The number of carbonyl (C=O) groups excluding carboxylic acids is 1. The average Bonchev–Trinajstić information content (AvgIpc) is 3.40. The molecule has 0 saturated heterocycles. The van der Waals surface area contributed by atoms with Crippen LogP contribution in [0.1, 0.15) is 15.9 Å². The molecule has 0 aliphatic heterocycles. The van der Waals surface area contributed by atoms with E-state index in [-0.39, 0.29) is 5.91 Å². The first-order chi connectivity index (χ1) is 12.8. The molecule has 3 aromatic heterocycles. The first-order valence-electron chi connectivity index (χ1n) is 7.97. The molecule has 3 heterocycles. The van der Waals surface area contributed by atoms with Crippen LogP contribution in [0.5, 0.6) is 0 Å². The van der Waals surface area contributed by atoms with Crippen LogP contribution in [0.2, 0.25) is 0 Å². The van der Waals surface area contributed by atoms with Crippen molar-refractivity contribution in [2.45, 2.75) is 6.54 Å². The Morgan fingerprint density at radius 1 is 1.12 bits per heavy atom. The maximum Gasteiger partial charge on any atom is 0.251 e. The monoisotopic (exact) mass is 345 g/mol. The Morgan fingerprint density at radius 2 is 2.00 bits per heavy atom. The lowest BCUT2D eigenvalue weighted by molar-refractivity contribution is 0.0950. The van der Waals surface area contributed by atoms with Gasteiger partial charge in [-0.05, 0) is 29.3 Å². The number of benzene rings is 1. The topological polar surface area (TPSA) is 101 Å². The lowest BCUT2D eigenvalue weighted by Crippen LogP contribution is -2.23. The molecule has 0 aliphatic carbocycles. The zero-order chi connectivity index (χ0) is 17.8. The molecule has 0 radical (unpaired) electrons. The van der Waals surface area contributed by atoms with E-state index >= 15 is 0 Å². The number of nitrogens with one attached hydrogen (secondary N) is 2. The van der Waals surface area contributed by atoms with Crippen molar-refractivity contribution in [3.63, 3.8) is 0 Å². The van der Waals surface area contributed by atoms with E-state index in [1.807, 2.05) is 30.3 Å². The zero-order valence-electron chi connectivity index (χ0n) is 13.7. The number of pyridine rings is 1. The summed E-state index contributed by atoms with van der Waals surface area (Å²) >= 11 is 0. The molecule has 8 nitrogen and oxygen atoms in total.